The molecule has 0 spiro atoms. The average molecular weight is 579 g/mol. The fourth-order valence-corrected chi connectivity index (χ4v) is 5.14. The van der Waals surface area contributed by atoms with Gasteiger partial charge in [0.25, 0.3) is 0 Å². The molecule has 4 aromatic rings. The fourth-order valence-electron chi connectivity index (χ4n) is 4.67. The summed E-state index contributed by atoms with van der Waals surface area (Å²) in [5.41, 5.74) is 9.77. The lowest BCUT2D eigenvalue weighted by Gasteiger charge is -2.21. The lowest BCUT2D eigenvalue weighted by atomic mass is 10.0. The van der Waals surface area contributed by atoms with Gasteiger partial charge in [-0.25, -0.2) is 4.79 Å². The van der Waals surface area contributed by atoms with Gasteiger partial charge in [0, 0.05) is 40.6 Å². The zero-order valence-electron chi connectivity index (χ0n) is 22.6. The van der Waals surface area contributed by atoms with Gasteiger partial charge in [0.1, 0.15) is 12.1 Å². The first-order valence-electron chi connectivity index (χ1n) is 13.2. The standard InChI is InChI=1S/C29H34N6O5S/c1-41-11-10-24(29(39)40)34-26(36)16-33-28(38)25(13-18-15-32-23-9-5-3-7-20(18)23)35-27(37)21(30)12-17-14-31-22-8-4-2-6-19(17)22/h2-9,14-15,21,24-25,31-32H,10-13,16,30H2,1H3,(H,33,38)(H,34,36)(H,35,37)(H,39,40). The highest BCUT2D eigenvalue weighted by atomic mass is 32.2. The Kier molecular flexibility index (Phi) is 10.0. The normalized spacial score (nSPS) is 13.4. The van der Waals surface area contributed by atoms with Crippen LogP contribution in [0.2, 0.25) is 0 Å². The van der Waals surface area contributed by atoms with Crippen LogP contribution in [0.3, 0.4) is 0 Å². The summed E-state index contributed by atoms with van der Waals surface area (Å²) in [6, 6.07) is 12.3. The lowest BCUT2D eigenvalue weighted by Crippen LogP contribution is -2.54. The number of nitrogens with one attached hydrogen (secondary N) is 5. The molecule has 2 aromatic heterocycles. The maximum Gasteiger partial charge on any atom is 0.326 e. The third kappa shape index (κ3) is 7.68. The zero-order chi connectivity index (χ0) is 29.4. The van der Waals surface area contributed by atoms with E-state index < -0.39 is 48.4 Å². The van der Waals surface area contributed by atoms with Gasteiger partial charge < -0.3 is 36.8 Å². The number of hydrogen-bond acceptors (Lipinski definition) is 6. The number of rotatable bonds is 14. The number of carbonyl (C=O) groups is 4. The summed E-state index contributed by atoms with van der Waals surface area (Å²) in [6.45, 7) is -0.441. The van der Waals surface area contributed by atoms with E-state index in [0.717, 1.165) is 32.9 Å². The molecule has 3 unspecified atom stereocenters. The van der Waals surface area contributed by atoms with Gasteiger partial charge in [0.15, 0.2) is 0 Å². The first-order valence-corrected chi connectivity index (χ1v) is 14.6. The van der Waals surface area contributed by atoms with Crippen molar-refractivity contribution in [2.24, 2.45) is 5.73 Å². The Bertz CT molecular complexity index is 1530. The number of amides is 3. The second kappa shape index (κ2) is 13.9. The van der Waals surface area contributed by atoms with Crippen molar-refractivity contribution in [3.05, 3.63) is 72.1 Å². The summed E-state index contributed by atoms with van der Waals surface area (Å²) in [6.07, 6.45) is 6.09. The predicted octanol–water partition coefficient (Wildman–Crippen LogP) is 1.69. The number of thioether (sulfide) groups is 1. The molecule has 4 rings (SSSR count). The number of H-pyrrole nitrogens is 2. The number of para-hydroxylation sites is 2. The first-order chi connectivity index (χ1) is 19.8. The first kappa shape index (κ1) is 29.7. The van der Waals surface area contributed by atoms with E-state index in [4.69, 9.17) is 5.73 Å². The molecule has 2 heterocycles. The molecule has 216 valence electrons. The molecular weight excluding hydrogens is 544 g/mol. The minimum atomic E-state index is -1.15. The average Bonchev–Trinajstić information content (AvgIpc) is 3.57. The number of benzene rings is 2. The lowest BCUT2D eigenvalue weighted by molar-refractivity contribution is -0.141. The van der Waals surface area contributed by atoms with Crippen LogP contribution in [-0.2, 0) is 32.0 Å². The van der Waals surface area contributed by atoms with E-state index in [0.29, 0.717) is 5.75 Å². The molecular formula is C29H34N6O5S. The number of aliphatic carboxylic acids is 1. The largest absolute Gasteiger partial charge is 0.480 e. The van der Waals surface area contributed by atoms with Gasteiger partial charge in [0.05, 0.1) is 12.6 Å². The highest BCUT2D eigenvalue weighted by molar-refractivity contribution is 7.98. The molecule has 11 nitrogen and oxygen atoms in total. The van der Waals surface area contributed by atoms with Crippen LogP contribution in [0.25, 0.3) is 21.8 Å². The highest BCUT2D eigenvalue weighted by Crippen LogP contribution is 2.20. The van der Waals surface area contributed by atoms with Gasteiger partial charge in [-0.3, -0.25) is 14.4 Å². The highest BCUT2D eigenvalue weighted by Gasteiger charge is 2.27. The molecule has 0 aliphatic rings. The number of fused-ring (bicyclic) bond motifs is 2. The smallest absolute Gasteiger partial charge is 0.326 e. The van der Waals surface area contributed by atoms with E-state index in [1.807, 2.05) is 61.0 Å². The predicted molar refractivity (Wildman–Crippen MR) is 159 cm³/mol. The van der Waals surface area contributed by atoms with Crippen molar-refractivity contribution in [1.29, 1.82) is 0 Å². The molecule has 0 radical (unpaired) electrons. The second-order valence-corrected chi connectivity index (χ2v) is 10.7. The van der Waals surface area contributed by atoms with Gasteiger partial charge in [-0.2, -0.15) is 11.8 Å². The van der Waals surface area contributed by atoms with Crippen LogP contribution in [0.1, 0.15) is 17.5 Å². The van der Waals surface area contributed by atoms with Crippen molar-refractivity contribution in [1.82, 2.24) is 25.9 Å². The Morgan fingerprint density at radius 3 is 2.02 bits per heavy atom. The number of carbonyl (C=O) groups excluding carboxylic acids is 3. The van der Waals surface area contributed by atoms with Crippen LogP contribution >= 0.6 is 11.8 Å². The minimum Gasteiger partial charge on any atom is -0.480 e. The SMILES string of the molecule is CSCCC(NC(=O)CNC(=O)C(Cc1c[nH]c2ccccc12)NC(=O)C(N)Cc1c[nH]c2ccccc12)C(=O)O. The quantitative estimate of drug-likeness (QED) is 0.119. The van der Waals surface area contributed by atoms with Crippen molar-refractivity contribution in [2.75, 3.05) is 18.6 Å². The minimum absolute atomic E-state index is 0.147. The summed E-state index contributed by atoms with van der Waals surface area (Å²) in [5.74, 6) is -2.33. The summed E-state index contributed by atoms with van der Waals surface area (Å²) >= 11 is 1.47. The van der Waals surface area contributed by atoms with Gasteiger partial charge in [0.2, 0.25) is 17.7 Å². The van der Waals surface area contributed by atoms with Gasteiger partial charge in [-0.15, -0.1) is 0 Å². The Morgan fingerprint density at radius 2 is 1.44 bits per heavy atom. The van der Waals surface area contributed by atoms with E-state index in [2.05, 4.69) is 25.9 Å². The number of aromatic amines is 2. The van der Waals surface area contributed by atoms with E-state index in [9.17, 15) is 24.3 Å². The Hall–Kier alpha value is -4.29. The van der Waals surface area contributed by atoms with Crippen LogP contribution in [0, 0.1) is 0 Å². The number of hydrogen-bond donors (Lipinski definition) is 7. The summed E-state index contributed by atoms with van der Waals surface area (Å²) < 4.78 is 0. The van der Waals surface area contributed by atoms with Gasteiger partial charge in [-0.1, -0.05) is 36.4 Å². The molecule has 41 heavy (non-hydrogen) atoms. The second-order valence-electron chi connectivity index (χ2n) is 9.75. The topological polar surface area (TPSA) is 182 Å². The number of nitrogens with two attached hydrogens (primary N) is 1. The third-order valence-electron chi connectivity index (χ3n) is 6.85. The maximum atomic E-state index is 13.3. The van der Waals surface area contributed by atoms with Crippen molar-refractivity contribution in [3.63, 3.8) is 0 Å². The molecule has 3 atom stereocenters. The molecule has 0 fully saturated rings. The van der Waals surface area contributed by atoms with Crippen molar-refractivity contribution in [2.45, 2.75) is 37.4 Å². The summed E-state index contributed by atoms with van der Waals surface area (Å²) in [7, 11) is 0. The van der Waals surface area contributed by atoms with Crippen molar-refractivity contribution in [3.8, 4) is 0 Å². The van der Waals surface area contributed by atoms with E-state index in [1.54, 1.807) is 6.20 Å². The van der Waals surface area contributed by atoms with E-state index in [1.165, 1.54) is 11.8 Å². The molecule has 0 saturated heterocycles. The molecule has 8 N–H and O–H groups in total. The van der Waals surface area contributed by atoms with Crippen LogP contribution in [-0.4, -0.2) is 75.4 Å². The molecule has 12 heteroatoms. The van der Waals surface area contributed by atoms with Crippen LogP contribution in [0.5, 0.6) is 0 Å². The zero-order valence-corrected chi connectivity index (χ0v) is 23.4. The third-order valence-corrected chi connectivity index (χ3v) is 7.49. The Balaban J connectivity index is 1.45. The molecule has 0 aliphatic heterocycles. The Labute approximate surface area is 241 Å². The summed E-state index contributed by atoms with van der Waals surface area (Å²) in [4.78, 5) is 56.7. The van der Waals surface area contributed by atoms with E-state index in [-0.39, 0.29) is 19.3 Å². The summed E-state index contributed by atoms with van der Waals surface area (Å²) in [5, 5.41) is 19.0. The fraction of sp³-hybridized carbons (Fsp3) is 0.310. The van der Waals surface area contributed by atoms with Crippen LogP contribution in [0.15, 0.2) is 60.9 Å². The maximum absolute atomic E-state index is 13.3. The molecule has 2 aromatic carbocycles. The molecule has 0 saturated carbocycles. The molecule has 3 amide bonds. The van der Waals surface area contributed by atoms with Crippen LogP contribution in [0.4, 0.5) is 0 Å². The number of carboxylic acid groups (broad SMARTS) is 1. The number of carboxylic acids is 1. The van der Waals surface area contributed by atoms with E-state index >= 15 is 0 Å². The van der Waals surface area contributed by atoms with Crippen molar-refractivity contribution < 1.29 is 24.3 Å². The van der Waals surface area contributed by atoms with Crippen LogP contribution < -0.4 is 21.7 Å². The number of aromatic nitrogens is 2. The monoisotopic (exact) mass is 578 g/mol. The van der Waals surface area contributed by atoms with Gasteiger partial charge >= 0.3 is 5.97 Å². The Morgan fingerprint density at radius 1 is 0.854 bits per heavy atom. The van der Waals surface area contributed by atoms with Crippen molar-refractivity contribution >= 4 is 57.3 Å². The molecule has 0 aliphatic carbocycles. The molecule has 0 bridgehead atoms. The van der Waals surface area contributed by atoms with Gasteiger partial charge in [-0.05, 0) is 48.1 Å².